The Labute approximate surface area is 663 Å². The van der Waals surface area contributed by atoms with Crippen LogP contribution < -0.4 is 9.80 Å². The molecule has 0 fully saturated rings. The van der Waals surface area contributed by atoms with Crippen molar-refractivity contribution < 1.29 is 0 Å². The minimum absolute atomic E-state index is 0.951. The lowest BCUT2D eigenvalue weighted by Crippen LogP contribution is -2.24. The van der Waals surface area contributed by atoms with Gasteiger partial charge in [-0.15, -0.1) is 0 Å². The second-order valence-electron chi connectivity index (χ2n) is 29.8. The summed E-state index contributed by atoms with van der Waals surface area (Å²) < 4.78 is 12.2. The molecule has 8 nitrogen and oxygen atoms in total. The molecule has 0 bridgehead atoms. The molecule has 8 heteroatoms. The molecular weight excluding hydrogens is 1400 g/mol. The zero-order valence-corrected chi connectivity index (χ0v) is 62.5. The maximum atomic E-state index is 5.17. The molecule has 23 aromatic rings. The van der Waals surface area contributed by atoms with Crippen LogP contribution in [0.4, 0.5) is 34.1 Å². The quantitative estimate of drug-likeness (QED) is 0.137. The number of rotatable bonds is 10. The van der Waals surface area contributed by atoms with E-state index in [9.17, 15) is 0 Å². The van der Waals surface area contributed by atoms with Crippen molar-refractivity contribution in [3.63, 3.8) is 0 Å². The minimum atomic E-state index is 0.951. The summed E-state index contributed by atoms with van der Waals surface area (Å²) in [5.74, 6) is 0. The van der Waals surface area contributed by atoms with Gasteiger partial charge in [-0.1, -0.05) is 261 Å². The minimum Gasteiger partial charge on any atom is -0.309 e. The van der Waals surface area contributed by atoms with Crippen LogP contribution in [0, 0.1) is 0 Å². The van der Waals surface area contributed by atoms with Crippen LogP contribution in [0.15, 0.2) is 425 Å². The van der Waals surface area contributed by atoms with Crippen LogP contribution in [0.2, 0.25) is 0 Å². The monoisotopic (exact) mass is 1470 g/mol. The average Bonchev–Trinajstić information content (AvgIpc) is 1.54. The van der Waals surface area contributed by atoms with Crippen LogP contribution in [0.3, 0.4) is 0 Å². The van der Waals surface area contributed by atoms with Gasteiger partial charge in [0.1, 0.15) is 0 Å². The molecule has 0 saturated heterocycles. The van der Waals surface area contributed by atoms with Crippen molar-refractivity contribution in [3.05, 3.63) is 425 Å². The number of pyridine rings is 1. The van der Waals surface area contributed by atoms with Gasteiger partial charge < -0.3 is 32.6 Å². The number of fused-ring (bicyclic) bond motifs is 19. The maximum Gasteiger partial charge on any atom is 0.0724 e. The summed E-state index contributed by atoms with van der Waals surface area (Å²) in [5.41, 5.74) is 30.7. The van der Waals surface area contributed by atoms with Crippen molar-refractivity contribution in [1.82, 2.24) is 27.8 Å². The molecule has 1 aliphatic heterocycles. The first kappa shape index (κ1) is 65.4. The van der Waals surface area contributed by atoms with Crippen molar-refractivity contribution in [3.8, 4) is 62.1 Å². The van der Waals surface area contributed by atoms with Gasteiger partial charge in [0.2, 0.25) is 0 Å². The van der Waals surface area contributed by atoms with Gasteiger partial charge in [0.15, 0.2) is 0 Å². The highest BCUT2D eigenvalue weighted by atomic mass is 15.3. The van der Waals surface area contributed by atoms with Crippen molar-refractivity contribution in [1.29, 1.82) is 0 Å². The molecular formula is C107H70N8. The van der Waals surface area contributed by atoms with Crippen LogP contribution in [0.25, 0.3) is 171 Å². The largest absolute Gasteiger partial charge is 0.309 e. The van der Waals surface area contributed by atoms with Crippen LogP contribution in [0.5, 0.6) is 0 Å². The first-order chi connectivity index (χ1) is 57.1. The highest BCUT2D eigenvalue weighted by Gasteiger charge is 2.32. The Morgan fingerprint density at radius 2 is 0.478 bits per heavy atom. The summed E-state index contributed by atoms with van der Waals surface area (Å²) >= 11 is 0. The standard InChI is InChI=1S/C59H38N4.C48H32N4/c1-4-17-39(18-5-1)51-36-42(37-52(60-51)40-19-6-2-7-20-40)41-21-16-24-44(35-41)62-55-30-15-12-27-49(55)58-57(62)34-32-48-46-25-10-14-29-54(46)63(59(48)58)45-31-33-56-50(38-45)47-26-11-13-28-53(47)61(56)43-22-8-3-9-23-43;1-4-16-33(17-5-1)49-42-26-14-15-27-43(42)50(34-18-6-2-7-19-34)46-32-36(28-30-44(46)49)51-41-25-13-11-23-39(41)47-45(51)31-29-38-37-22-10-12-24-40(37)52(48(38)47)35-20-8-3-9-21-35/h1-38H;1-32H. The van der Waals surface area contributed by atoms with Crippen molar-refractivity contribution in [2.24, 2.45) is 0 Å². The van der Waals surface area contributed by atoms with E-state index < -0.39 is 0 Å². The molecule has 0 atom stereocenters. The zero-order valence-electron chi connectivity index (χ0n) is 62.5. The van der Waals surface area contributed by atoms with Gasteiger partial charge in [-0.2, -0.15) is 0 Å². The second kappa shape index (κ2) is 26.6. The molecule has 7 heterocycles. The molecule has 0 aliphatic carbocycles. The van der Waals surface area contributed by atoms with Gasteiger partial charge in [0.25, 0.3) is 0 Å². The Morgan fingerprint density at radius 3 is 0.983 bits per heavy atom. The van der Waals surface area contributed by atoms with E-state index in [1.807, 2.05) is 0 Å². The van der Waals surface area contributed by atoms with Gasteiger partial charge in [0, 0.05) is 105 Å². The predicted octanol–water partition coefficient (Wildman–Crippen LogP) is 28.5. The Bertz CT molecular complexity index is 7710. The number of aromatic nitrogens is 6. The number of benzene rings is 17. The summed E-state index contributed by atoms with van der Waals surface area (Å²) in [5, 5.41) is 12.4. The fourth-order valence-electron chi connectivity index (χ4n) is 18.5. The SMILES string of the molecule is c1ccc(-c2cc(-c3cccc(-n4c5ccccc5c5c4ccc4c6ccccc6n(-c6ccc7c(c6)c6ccccc6n7-c6ccccc6)c45)c3)cc(-c3ccccc3)n2)cc1.c1ccc(N2c3ccccc3N(c3ccccc3)c3cc(-n4c5ccccc5c5c4ccc4c6ccccc6n(-c6ccccc6)c45)ccc32)cc1. The Morgan fingerprint density at radius 1 is 0.157 bits per heavy atom. The topological polar surface area (TPSA) is 44.0 Å². The summed E-state index contributed by atoms with van der Waals surface area (Å²) in [6, 6.07) is 153. The van der Waals surface area contributed by atoms with E-state index in [1.165, 1.54) is 104 Å². The van der Waals surface area contributed by atoms with E-state index in [0.717, 1.165) is 102 Å². The first-order valence-corrected chi connectivity index (χ1v) is 39.3. The normalized spacial score (nSPS) is 12.1. The summed E-state index contributed by atoms with van der Waals surface area (Å²) in [6.07, 6.45) is 0. The molecule has 0 saturated carbocycles. The molecule has 17 aromatic carbocycles. The summed E-state index contributed by atoms with van der Waals surface area (Å²) in [4.78, 5) is 9.97. The number of hydrogen-bond acceptors (Lipinski definition) is 3. The van der Waals surface area contributed by atoms with Crippen LogP contribution in [-0.4, -0.2) is 27.8 Å². The van der Waals surface area contributed by atoms with E-state index in [0.29, 0.717) is 0 Å². The van der Waals surface area contributed by atoms with Gasteiger partial charge in [-0.3, -0.25) is 0 Å². The van der Waals surface area contributed by atoms with Gasteiger partial charge in [0.05, 0.1) is 89.3 Å². The molecule has 0 spiro atoms. The van der Waals surface area contributed by atoms with Gasteiger partial charge >= 0.3 is 0 Å². The lowest BCUT2D eigenvalue weighted by molar-refractivity contribution is 1.13. The molecule has 538 valence electrons. The van der Waals surface area contributed by atoms with E-state index in [-0.39, 0.29) is 0 Å². The van der Waals surface area contributed by atoms with E-state index in [4.69, 9.17) is 4.98 Å². The lowest BCUT2D eigenvalue weighted by atomic mass is 9.99. The second-order valence-corrected chi connectivity index (χ2v) is 29.8. The Balaban J connectivity index is 0.000000139. The van der Waals surface area contributed by atoms with Crippen molar-refractivity contribution in [2.75, 3.05) is 9.80 Å². The third-order valence-electron chi connectivity index (χ3n) is 23.4. The number of nitrogens with zero attached hydrogens (tertiary/aromatic N) is 8. The van der Waals surface area contributed by atoms with Crippen LogP contribution >= 0.6 is 0 Å². The lowest BCUT2D eigenvalue weighted by Gasteiger charge is -2.40. The summed E-state index contributed by atoms with van der Waals surface area (Å²) in [6.45, 7) is 0. The molecule has 0 unspecified atom stereocenters. The molecule has 6 aromatic heterocycles. The van der Waals surface area contributed by atoms with Crippen LogP contribution in [-0.2, 0) is 0 Å². The summed E-state index contributed by atoms with van der Waals surface area (Å²) in [7, 11) is 0. The average molecular weight is 1470 g/mol. The van der Waals surface area contributed by atoms with E-state index in [1.54, 1.807) is 0 Å². The van der Waals surface area contributed by atoms with Crippen molar-refractivity contribution in [2.45, 2.75) is 0 Å². The first-order valence-electron chi connectivity index (χ1n) is 39.3. The highest BCUT2D eigenvalue weighted by molar-refractivity contribution is 6.28. The molecule has 0 amide bonds. The molecule has 0 N–H and O–H groups in total. The fourth-order valence-corrected chi connectivity index (χ4v) is 18.5. The van der Waals surface area contributed by atoms with Gasteiger partial charge in [-0.25, -0.2) is 4.98 Å². The van der Waals surface area contributed by atoms with E-state index >= 15 is 0 Å². The molecule has 1 aliphatic rings. The number of para-hydroxylation sites is 11. The van der Waals surface area contributed by atoms with Crippen LogP contribution in [0.1, 0.15) is 0 Å². The Hall–Kier alpha value is -15.5. The highest BCUT2D eigenvalue weighted by Crippen LogP contribution is 2.56. The van der Waals surface area contributed by atoms with E-state index in [2.05, 4.69) is 457 Å². The zero-order chi connectivity index (χ0) is 75.6. The maximum absolute atomic E-state index is 5.17. The number of hydrogen-bond donors (Lipinski definition) is 0. The molecule has 24 rings (SSSR count). The third-order valence-corrected chi connectivity index (χ3v) is 23.4. The molecule has 0 radical (unpaired) electrons. The smallest absolute Gasteiger partial charge is 0.0724 e. The predicted molar refractivity (Wildman–Crippen MR) is 482 cm³/mol. The number of anilines is 6. The molecule has 115 heavy (non-hydrogen) atoms. The van der Waals surface area contributed by atoms with Crippen molar-refractivity contribution >= 4 is 143 Å². The third kappa shape index (κ3) is 10.4. The van der Waals surface area contributed by atoms with Gasteiger partial charge in [-0.05, 0) is 175 Å². The fraction of sp³-hybridized carbons (Fsp3) is 0. The Kier molecular flexibility index (Phi) is 15.1.